The van der Waals surface area contributed by atoms with Crippen molar-refractivity contribution in [1.82, 2.24) is 0 Å². The molecule has 0 amide bonds. The van der Waals surface area contributed by atoms with Gasteiger partial charge in [0.05, 0.1) is 12.9 Å². The number of rotatable bonds is 8. The van der Waals surface area contributed by atoms with Gasteiger partial charge in [0.15, 0.2) is 0 Å². The van der Waals surface area contributed by atoms with Gasteiger partial charge in [0.2, 0.25) is 0 Å². The third-order valence-corrected chi connectivity index (χ3v) is 3.79. The van der Waals surface area contributed by atoms with E-state index in [4.69, 9.17) is 4.74 Å². The summed E-state index contributed by atoms with van der Waals surface area (Å²) in [6.45, 7) is 21.1. The average Bonchev–Trinajstić information content (AvgIpc) is 2.47. The van der Waals surface area contributed by atoms with Gasteiger partial charge in [-0.3, -0.25) is 0 Å². The normalized spacial score (nSPS) is 14.3. The van der Waals surface area contributed by atoms with Gasteiger partial charge in [0.1, 0.15) is 0 Å². The standard InChI is InChI=1S/C22H34O/c1-10-21(22(6,7)8)13-11-12-17(2)16-19(4)18(3)14-15-20(5)23-9/h10-11,13-15H,2,4,12,16H2,1,3,5-9H3/b13-11-,18-14+,20-15+,21-10+. The molecule has 0 rings (SSSR count). The maximum absolute atomic E-state index is 5.13. The van der Waals surface area contributed by atoms with Crippen LogP contribution in [0.1, 0.15) is 54.4 Å². The molecular formula is C22H34O. The predicted molar refractivity (Wildman–Crippen MR) is 104 cm³/mol. The highest BCUT2D eigenvalue weighted by molar-refractivity contribution is 5.34. The highest BCUT2D eigenvalue weighted by atomic mass is 16.5. The zero-order valence-corrected chi connectivity index (χ0v) is 16.1. The summed E-state index contributed by atoms with van der Waals surface area (Å²) >= 11 is 0. The van der Waals surface area contributed by atoms with Crippen molar-refractivity contribution in [3.05, 3.63) is 71.6 Å². The summed E-state index contributed by atoms with van der Waals surface area (Å²) in [5.74, 6) is 0.889. The first-order valence-corrected chi connectivity index (χ1v) is 8.19. The molecule has 0 aliphatic rings. The molecule has 0 saturated carbocycles. The Labute approximate surface area is 143 Å². The third-order valence-electron chi connectivity index (χ3n) is 3.79. The molecule has 1 heteroatoms. The Bertz CT molecular complexity index is 531. The van der Waals surface area contributed by atoms with E-state index in [9.17, 15) is 0 Å². The van der Waals surface area contributed by atoms with Crippen molar-refractivity contribution in [3.8, 4) is 0 Å². The molecule has 0 atom stereocenters. The number of allylic oxidation sites excluding steroid dienone is 10. The Kier molecular flexibility index (Phi) is 9.32. The fourth-order valence-corrected chi connectivity index (χ4v) is 2.07. The van der Waals surface area contributed by atoms with Crippen molar-refractivity contribution in [1.29, 1.82) is 0 Å². The lowest BCUT2D eigenvalue weighted by Crippen LogP contribution is -2.06. The first kappa shape index (κ1) is 21.2. The number of hydrogen-bond donors (Lipinski definition) is 0. The van der Waals surface area contributed by atoms with Gasteiger partial charge >= 0.3 is 0 Å². The van der Waals surface area contributed by atoms with Crippen molar-refractivity contribution in [2.45, 2.75) is 54.4 Å². The summed E-state index contributed by atoms with van der Waals surface area (Å²) in [6.07, 6.45) is 12.3. The van der Waals surface area contributed by atoms with E-state index in [1.165, 1.54) is 11.1 Å². The van der Waals surface area contributed by atoms with E-state index in [-0.39, 0.29) is 5.41 Å². The Morgan fingerprint density at radius 2 is 1.70 bits per heavy atom. The van der Waals surface area contributed by atoms with Crippen LogP contribution >= 0.6 is 0 Å². The lowest BCUT2D eigenvalue weighted by molar-refractivity contribution is 0.294. The van der Waals surface area contributed by atoms with Crippen molar-refractivity contribution >= 4 is 0 Å². The second-order valence-electron chi connectivity index (χ2n) is 6.96. The van der Waals surface area contributed by atoms with Crippen LogP contribution in [0.2, 0.25) is 0 Å². The van der Waals surface area contributed by atoms with E-state index in [0.29, 0.717) is 0 Å². The molecule has 0 heterocycles. The van der Waals surface area contributed by atoms with Crippen LogP contribution in [-0.2, 0) is 4.74 Å². The van der Waals surface area contributed by atoms with Crippen LogP contribution in [0.4, 0.5) is 0 Å². The van der Waals surface area contributed by atoms with Gasteiger partial charge in [-0.05, 0) is 61.8 Å². The van der Waals surface area contributed by atoms with Gasteiger partial charge in [-0.1, -0.05) is 63.8 Å². The lowest BCUT2D eigenvalue weighted by atomic mass is 9.86. The predicted octanol–water partition coefficient (Wildman–Crippen LogP) is 6.92. The Balaban J connectivity index is 4.59. The zero-order chi connectivity index (χ0) is 18.0. The lowest BCUT2D eigenvalue weighted by Gasteiger charge is -2.20. The summed E-state index contributed by atoms with van der Waals surface area (Å²) in [5.41, 5.74) is 4.97. The average molecular weight is 315 g/mol. The van der Waals surface area contributed by atoms with Crippen LogP contribution in [0.25, 0.3) is 0 Å². The van der Waals surface area contributed by atoms with Crippen LogP contribution in [0.5, 0.6) is 0 Å². The molecule has 0 fully saturated rings. The molecule has 128 valence electrons. The van der Waals surface area contributed by atoms with Gasteiger partial charge < -0.3 is 4.74 Å². The monoisotopic (exact) mass is 314 g/mol. The van der Waals surface area contributed by atoms with E-state index >= 15 is 0 Å². The Morgan fingerprint density at radius 1 is 1.09 bits per heavy atom. The fraction of sp³-hybridized carbons (Fsp3) is 0.455. The van der Waals surface area contributed by atoms with Crippen LogP contribution in [-0.4, -0.2) is 7.11 Å². The van der Waals surface area contributed by atoms with Gasteiger partial charge in [-0.2, -0.15) is 0 Å². The molecule has 0 bridgehead atoms. The Hall–Kier alpha value is -1.76. The molecule has 1 nitrogen and oxygen atoms in total. The molecule has 0 aromatic rings. The molecule has 0 aliphatic carbocycles. The van der Waals surface area contributed by atoms with E-state index in [0.717, 1.165) is 29.7 Å². The van der Waals surface area contributed by atoms with Gasteiger partial charge in [-0.15, -0.1) is 0 Å². The first-order chi connectivity index (χ1) is 10.6. The molecule has 0 radical (unpaired) electrons. The van der Waals surface area contributed by atoms with E-state index in [1.807, 2.05) is 19.1 Å². The molecule has 0 N–H and O–H groups in total. The van der Waals surface area contributed by atoms with Crippen LogP contribution in [0.3, 0.4) is 0 Å². The second-order valence-corrected chi connectivity index (χ2v) is 6.96. The maximum Gasteiger partial charge on any atom is 0.0924 e. The summed E-state index contributed by atoms with van der Waals surface area (Å²) in [5, 5.41) is 0. The molecule has 0 saturated heterocycles. The number of hydrogen-bond acceptors (Lipinski definition) is 1. The zero-order valence-electron chi connectivity index (χ0n) is 16.1. The molecule has 23 heavy (non-hydrogen) atoms. The fourth-order valence-electron chi connectivity index (χ4n) is 2.07. The van der Waals surface area contributed by atoms with E-state index < -0.39 is 0 Å². The summed E-state index contributed by atoms with van der Waals surface area (Å²) < 4.78 is 5.13. The summed E-state index contributed by atoms with van der Waals surface area (Å²) in [4.78, 5) is 0. The van der Waals surface area contributed by atoms with Crippen LogP contribution in [0, 0.1) is 5.41 Å². The summed E-state index contributed by atoms with van der Waals surface area (Å²) in [6, 6.07) is 0. The molecule has 0 spiro atoms. The molecule has 0 aromatic carbocycles. The van der Waals surface area contributed by atoms with Crippen molar-refractivity contribution < 1.29 is 4.74 Å². The smallest absolute Gasteiger partial charge is 0.0924 e. The topological polar surface area (TPSA) is 9.23 Å². The van der Waals surface area contributed by atoms with Crippen LogP contribution in [0.15, 0.2) is 71.6 Å². The largest absolute Gasteiger partial charge is 0.501 e. The third kappa shape index (κ3) is 9.07. The quantitative estimate of drug-likeness (QED) is 0.268. The van der Waals surface area contributed by atoms with Gasteiger partial charge in [0, 0.05) is 0 Å². The summed E-state index contributed by atoms with van der Waals surface area (Å²) in [7, 11) is 1.68. The van der Waals surface area contributed by atoms with Gasteiger partial charge in [0.25, 0.3) is 0 Å². The highest BCUT2D eigenvalue weighted by Crippen LogP contribution is 2.26. The molecule has 0 aliphatic heterocycles. The number of ether oxygens (including phenoxy) is 1. The first-order valence-electron chi connectivity index (χ1n) is 8.19. The van der Waals surface area contributed by atoms with E-state index in [1.54, 1.807) is 7.11 Å². The SMILES string of the molecule is C=C(C/C=C\C(=C/C)C(C)(C)C)CC(=C)/C(C)=C/C=C(\C)OC. The second kappa shape index (κ2) is 10.1. The molecular weight excluding hydrogens is 280 g/mol. The van der Waals surface area contributed by atoms with Gasteiger partial charge in [-0.25, -0.2) is 0 Å². The molecule has 0 aromatic heterocycles. The minimum absolute atomic E-state index is 0.182. The minimum Gasteiger partial charge on any atom is -0.501 e. The van der Waals surface area contributed by atoms with Crippen molar-refractivity contribution in [2.24, 2.45) is 5.41 Å². The van der Waals surface area contributed by atoms with Crippen LogP contribution < -0.4 is 0 Å². The van der Waals surface area contributed by atoms with Crippen molar-refractivity contribution in [2.75, 3.05) is 7.11 Å². The maximum atomic E-state index is 5.13. The molecule has 0 unspecified atom stereocenters. The Morgan fingerprint density at radius 3 is 2.17 bits per heavy atom. The highest BCUT2D eigenvalue weighted by Gasteiger charge is 2.12. The minimum atomic E-state index is 0.182. The van der Waals surface area contributed by atoms with E-state index in [2.05, 4.69) is 66.0 Å². The van der Waals surface area contributed by atoms with Crippen molar-refractivity contribution in [3.63, 3.8) is 0 Å². The number of methoxy groups -OCH3 is 1.